The van der Waals surface area contributed by atoms with Crippen molar-refractivity contribution in [2.24, 2.45) is 5.92 Å². The van der Waals surface area contributed by atoms with Gasteiger partial charge in [0.25, 0.3) is 0 Å². The van der Waals surface area contributed by atoms with Crippen LogP contribution in [0, 0.1) is 5.92 Å². The molecule has 1 amide bonds. The molecule has 1 heterocycles. The molecule has 0 bridgehead atoms. The van der Waals surface area contributed by atoms with Gasteiger partial charge in [0.15, 0.2) is 17.3 Å². The summed E-state index contributed by atoms with van der Waals surface area (Å²) in [5, 5.41) is 6.85. The van der Waals surface area contributed by atoms with Gasteiger partial charge < -0.3 is 19.3 Å². The average molecular weight is 332 g/mol. The molecular formula is C18H24N2O4. The molecule has 0 aliphatic heterocycles. The van der Waals surface area contributed by atoms with Gasteiger partial charge in [0.2, 0.25) is 5.91 Å². The Balaban J connectivity index is 2.01. The summed E-state index contributed by atoms with van der Waals surface area (Å²) in [6.45, 7) is 4.93. The standard InChI is InChI=1S/C18H24N2O4/c1-12(2)7-8-19-18(21)11-14-10-16(24-20-14)13-5-6-15(22-3)17(9-13)23-4/h5-6,9-10,12H,7-8,11H2,1-4H3,(H,19,21). The normalized spacial score (nSPS) is 10.7. The van der Waals surface area contributed by atoms with E-state index in [9.17, 15) is 4.79 Å². The first-order valence-electron chi connectivity index (χ1n) is 7.98. The first-order valence-corrected chi connectivity index (χ1v) is 7.98. The molecule has 0 aliphatic carbocycles. The summed E-state index contributed by atoms with van der Waals surface area (Å²) >= 11 is 0. The number of amides is 1. The number of nitrogens with one attached hydrogen (secondary N) is 1. The summed E-state index contributed by atoms with van der Waals surface area (Å²) in [6.07, 6.45) is 1.16. The largest absolute Gasteiger partial charge is 0.493 e. The summed E-state index contributed by atoms with van der Waals surface area (Å²) in [7, 11) is 3.16. The van der Waals surface area contributed by atoms with Gasteiger partial charge in [-0.1, -0.05) is 19.0 Å². The van der Waals surface area contributed by atoms with Crippen LogP contribution >= 0.6 is 0 Å². The van der Waals surface area contributed by atoms with Crippen molar-refractivity contribution in [2.45, 2.75) is 26.7 Å². The van der Waals surface area contributed by atoms with E-state index in [1.807, 2.05) is 12.1 Å². The van der Waals surface area contributed by atoms with Gasteiger partial charge in [0.1, 0.15) is 0 Å². The third-order valence-corrected chi connectivity index (χ3v) is 3.61. The molecule has 6 heteroatoms. The fraction of sp³-hybridized carbons (Fsp3) is 0.444. The quantitative estimate of drug-likeness (QED) is 0.804. The van der Waals surface area contributed by atoms with Crippen molar-refractivity contribution in [3.05, 3.63) is 30.0 Å². The molecular weight excluding hydrogens is 308 g/mol. The molecule has 0 radical (unpaired) electrons. The van der Waals surface area contributed by atoms with Crippen LogP contribution in [-0.4, -0.2) is 31.8 Å². The second kappa shape index (κ2) is 8.38. The number of rotatable bonds is 8. The van der Waals surface area contributed by atoms with Crippen molar-refractivity contribution in [2.75, 3.05) is 20.8 Å². The van der Waals surface area contributed by atoms with E-state index in [2.05, 4.69) is 24.3 Å². The van der Waals surface area contributed by atoms with Gasteiger partial charge in [-0.05, 0) is 30.5 Å². The predicted octanol–water partition coefficient (Wildman–Crippen LogP) is 3.06. The van der Waals surface area contributed by atoms with E-state index in [-0.39, 0.29) is 12.3 Å². The van der Waals surface area contributed by atoms with E-state index < -0.39 is 0 Å². The Morgan fingerprint density at radius 2 is 1.96 bits per heavy atom. The lowest BCUT2D eigenvalue weighted by Crippen LogP contribution is -2.26. The van der Waals surface area contributed by atoms with Gasteiger partial charge in [-0.15, -0.1) is 0 Å². The zero-order valence-electron chi connectivity index (χ0n) is 14.6. The maximum atomic E-state index is 11.9. The fourth-order valence-electron chi connectivity index (χ4n) is 2.25. The maximum Gasteiger partial charge on any atom is 0.226 e. The summed E-state index contributed by atoms with van der Waals surface area (Å²) in [5.74, 6) is 2.35. The van der Waals surface area contributed by atoms with Gasteiger partial charge in [0.05, 0.1) is 26.3 Å². The molecule has 0 fully saturated rings. The minimum Gasteiger partial charge on any atom is -0.493 e. The van der Waals surface area contributed by atoms with Gasteiger partial charge in [-0.25, -0.2) is 0 Å². The van der Waals surface area contributed by atoms with Crippen molar-refractivity contribution < 1.29 is 18.8 Å². The van der Waals surface area contributed by atoms with Gasteiger partial charge >= 0.3 is 0 Å². The van der Waals surface area contributed by atoms with Gasteiger partial charge in [-0.3, -0.25) is 4.79 Å². The molecule has 2 aromatic rings. The molecule has 1 aromatic heterocycles. The van der Waals surface area contributed by atoms with Crippen LogP contribution in [0.1, 0.15) is 26.0 Å². The molecule has 0 aliphatic rings. The van der Waals surface area contributed by atoms with Crippen LogP contribution in [-0.2, 0) is 11.2 Å². The summed E-state index contributed by atoms with van der Waals surface area (Å²) < 4.78 is 15.8. The number of ether oxygens (including phenoxy) is 2. The minimum atomic E-state index is -0.0530. The van der Waals surface area contributed by atoms with Crippen LogP contribution < -0.4 is 14.8 Å². The lowest BCUT2D eigenvalue weighted by atomic mass is 10.1. The van der Waals surface area contributed by atoms with Gasteiger partial charge in [0, 0.05) is 18.2 Å². The molecule has 0 spiro atoms. The Labute approximate surface area is 142 Å². The van der Waals surface area contributed by atoms with Crippen LogP contribution in [0.4, 0.5) is 0 Å². The third-order valence-electron chi connectivity index (χ3n) is 3.61. The SMILES string of the molecule is COc1ccc(-c2cc(CC(=O)NCCC(C)C)no2)cc1OC. The number of nitrogens with zero attached hydrogens (tertiary/aromatic N) is 1. The molecule has 1 aromatic carbocycles. The number of hydrogen-bond donors (Lipinski definition) is 1. The van der Waals surface area contributed by atoms with Crippen molar-refractivity contribution in [3.63, 3.8) is 0 Å². The molecule has 1 N–H and O–H groups in total. The zero-order valence-corrected chi connectivity index (χ0v) is 14.6. The van der Waals surface area contributed by atoms with Gasteiger partial charge in [-0.2, -0.15) is 0 Å². The Morgan fingerprint density at radius 3 is 2.62 bits per heavy atom. The second-order valence-electron chi connectivity index (χ2n) is 5.96. The number of methoxy groups -OCH3 is 2. The van der Waals surface area contributed by atoms with Crippen LogP contribution in [0.25, 0.3) is 11.3 Å². The van der Waals surface area contributed by atoms with Crippen molar-refractivity contribution >= 4 is 5.91 Å². The molecule has 0 atom stereocenters. The van der Waals surface area contributed by atoms with E-state index in [4.69, 9.17) is 14.0 Å². The van der Waals surface area contributed by atoms with Crippen molar-refractivity contribution in [3.8, 4) is 22.8 Å². The Kier molecular flexibility index (Phi) is 6.23. The highest BCUT2D eigenvalue weighted by molar-refractivity contribution is 5.78. The molecule has 24 heavy (non-hydrogen) atoms. The van der Waals surface area contributed by atoms with E-state index in [0.717, 1.165) is 12.0 Å². The van der Waals surface area contributed by atoms with Crippen LogP contribution in [0.2, 0.25) is 0 Å². The Morgan fingerprint density at radius 1 is 1.21 bits per heavy atom. The number of hydrogen-bond acceptors (Lipinski definition) is 5. The summed E-state index contributed by atoms with van der Waals surface area (Å²) in [5.41, 5.74) is 1.41. The van der Waals surface area contributed by atoms with Crippen LogP contribution in [0.15, 0.2) is 28.8 Å². The topological polar surface area (TPSA) is 73.6 Å². The van der Waals surface area contributed by atoms with Crippen molar-refractivity contribution in [1.82, 2.24) is 10.5 Å². The van der Waals surface area contributed by atoms with Crippen LogP contribution in [0.3, 0.4) is 0 Å². The van der Waals surface area contributed by atoms with Crippen LogP contribution in [0.5, 0.6) is 11.5 Å². The highest BCUT2D eigenvalue weighted by Gasteiger charge is 2.13. The maximum absolute atomic E-state index is 11.9. The first-order chi connectivity index (χ1) is 11.5. The molecule has 130 valence electrons. The lowest BCUT2D eigenvalue weighted by Gasteiger charge is -2.07. The third kappa shape index (κ3) is 4.75. The highest BCUT2D eigenvalue weighted by atomic mass is 16.5. The highest BCUT2D eigenvalue weighted by Crippen LogP contribution is 2.32. The summed E-state index contributed by atoms with van der Waals surface area (Å²) in [6, 6.07) is 7.23. The molecule has 0 saturated carbocycles. The number of carbonyl (C=O) groups is 1. The lowest BCUT2D eigenvalue weighted by molar-refractivity contribution is -0.120. The molecule has 0 saturated heterocycles. The molecule has 0 unspecified atom stereocenters. The van der Waals surface area contributed by atoms with E-state index >= 15 is 0 Å². The van der Waals surface area contributed by atoms with E-state index in [1.165, 1.54) is 0 Å². The zero-order chi connectivity index (χ0) is 17.5. The molecule has 2 rings (SSSR count). The van der Waals surface area contributed by atoms with E-state index in [0.29, 0.717) is 35.4 Å². The number of aromatic nitrogens is 1. The Hall–Kier alpha value is -2.50. The molecule has 6 nitrogen and oxygen atoms in total. The number of benzene rings is 1. The monoisotopic (exact) mass is 332 g/mol. The smallest absolute Gasteiger partial charge is 0.226 e. The fourth-order valence-corrected chi connectivity index (χ4v) is 2.25. The summed E-state index contributed by atoms with van der Waals surface area (Å²) in [4.78, 5) is 11.9. The second-order valence-corrected chi connectivity index (χ2v) is 5.96. The first kappa shape index (κ1) is 17.8. The number of carbonyl (C=O) groups excluding carboxylic acids is 1. The Bertz CT molecular complexity index is 679. The van der Waals surface area contributed by atoms with Crippen molar-refractivity contribution in [1.29, 1.82) is 0 Å². The van der Waals surface area contributed by atoms with E-state index in [1.54, 1.807) is 26.4 Å². The predicted molar refractivity (Wildman–Crippen MR) is 91.2 cm³/mol. The average Bonchev–Trinajstić information content (AvgIpc) is 3.02. The minimum absolute atomic E-state index is 0.0530.